The van der Waals surface area contributed by atoms with Crippen molar-refractivity contribution in [3.8, 4) is 0 Å². The molecular weight excluding hydrogens is 408 g/mol. The number of thiol groups is 1. The van der Waals surface area contributed by atoms with E-state index in [4.69, 9.17) is 5.73 Å². The summed E-state index contributed by atoms with van der Waals surface area (Å²) < 4.78 is 0. The van der Waals surface area contributed by atoms with Crippen LogP contribution in [0.3, 0.4) is 0 Å². The van der Waals surface area contributed by atoms with Crippen LogP contribution in [-0.4, -0.2) is 24.4 Å². The molecule has 1 aliphatic rings. The first-order valence-corrected chi connectivity index (χ1v) is 11.0. The van der Waals surface area contributed by atoms with Crippen LogP contribution in [0.15, 0.2) is 54.6 Å². The van der Waals surface area contributed by atoms with E-state index in [1.54, 1.807) is 0 Å². The minimum absolute atomic E-state index is 0.0463. The first-order valence-electron chi connectivity index (χ1n) is 10.5. The summed E-state index contributed by atoms with van der Waals surface area (Å²) in [5, 5.41) is 10.1. The van der Waals surface area contributed by atoms with Gasteiger partial charge in [0.25, 0.3) is 0 Å². The summed E-state index contributed by atoms with van der Waals surface area (Å²) in [7, 11) is 0. The van der Waals surface area contributed by atoms with Gasteiger partial charge in [-0.25, -0.2) is 0 Å². The molecule has 2 amide bonds. The van der Waals surface area contributed by atoms with Crippen molar-refractivity contribution in [2.45, 2.75) is 57.9 Å². The van der Waals surface area contributed by atoms with Crippen LogP contribution < -0.4 is 21.5 Å². The summed E-state index contributed by atoms with van der Waals surface area (Å²) in [4.78, 5) is 22.3. The molecule has 1 heterocycles. The molecule has 1 atom stereocenters. The van der Waals surface area contributed by atoms with E-state index in [0.29, 0.717) is 6.42 Å². The van der Waals surface area contributed by atoms with Crippen LogP contribution in [0.25, 0.3) is 0 Å². The van der Waals surface area contributed by atoms with E-state index >= 15 is 0 Å². The molecule has 3 rings (SSSR count). The van der Waals surface area contributed by atoms with Crippen LogP contribution in [0, 0.1) is 0 Å². The highest BCUT2D eigenvalue weighted by molar-refractivity contribution is 7.77. The molecule has 170 valence electrons. The number of hydrogen-bond donors (Lipinski definition) is 5. The van der Waals surface area contributed by atoms with Crippen molar-refractivity contribution < 1.29 is 9.59 Å². The maximum Gasteiger partial charge on any atom is 0.234 e. The molecule has 1 saturated heterocycles. The van der Waals surface area contributed by atoms with Crippen molar-refractivity contribution in [3.05, 3.63) is 65.7 Å². The fourth-order valence-corrected chi connectivity index (χ4v) is 3.11. The van der Waals surface area contributed by atoms with Gasteiger partial charge in [-0.15, -0.1) is 12.8 Å². The van der Waals surface area contributed by atoms with Crippen LogP contribution in [0.1, 0.15) is 51.2 Å². The van der Waals surface area contributed by atoms with Crippen LogP contribution in [0.2, 0.25) is 0 Å². The van der Waals surface area contributed by atoms with Gasteiger partial charge >= 0.3 is 0 Å². The zero-order valence-corrected chi connectivity index (χ0v) is 19.6. The second-order valence-corrected chi connectivity index (χ2v) is 8.41. The van der Waals surface area contributed by atoms with Gasteiger partial charge in [0.15, 0.2) is 0 Å². The van der Waals surface area contributed by atoms with E-state index in [1.807, 2.05) is 42.5 Å². The Morgan fingerprint density at radius 1 is 1.06 bits per heavy atom. The zero-order chi connectivity index (χ0) is 23.3. The van der Waals surface area contributed by atoms with Gasteiger partial charge < -0.3 is 16.4 Å². The summed E-state index contributed by atoms with van der Waals surface area (Å²) in [5.41, 5.74) is 8.45. The molecule has 7 heteroatoms. The molecule has 1 unspecified atom stereocenters. The zero-order valence-electron chi connectivity index (χ0n) is 18.7. The minimum Gasteiger partial charge on any atom is -0.368 e. The summed E-state index contributed by atoms with van der Waals surface area (Å²) >= 11 is 3.03. The van der Waals surface area contributed by atoms with Crippen LogP contribution in [0.4, 0.5) is 5.69 Å². The van der Waals surface area contributed by atoms with Crippen molar-refractivity contribution in [1.29, 1.82) is 0 Å². The van der Waals surface area contributed by atoms with Crippen molar-refractivity contribution in [2.24, 2.45) is 10.9 Å². The molecule has 6 N–H and O–H groups in total. The Balaban J connectivity index is 0.000000400. The summed E-state index contributed by atoms with van der Waals surface area (Å²) in [5.74, 6) is -0.162. The van der Waals surface area contributed by atoms with Crippen molar-refractivity contribution in [1.82, 2.24) is 5.32 Å². The van der Waals surface area contributed by atoms with Gasteiger partial charge in [-0.05, 0) is 54.5 Å². The molecule has 0 aliphatic carbocycles. The quantitative estimate of drug-likeness (QED) is 0.454. The van der Waals surface area contributed by atoms with E-state index in [0.717, 1.165) is 31.5 Å². The third-order valence-electron chi connectivity index (χ3n) is 4.92. The van der Waals surface area contributed by atoms with Crippen molar-refractivity contribution >= 4 is 30.3 Å². The number of nitrogens with one attached hydrogen (secondary N) is 2. The standard InChI is InChI=1S/C19H23NO.C5H10N2O.H3NS/c1-19(2,3)16-10-12-17(13-11-16)20-18(21)14-9-15-7-5-4-6-8-15;6-5(8)4-2-1-3-7-4;1-2/h4-8,10-13H,9,14H2,1-3H3,(H,20,21);4,7H,1-3H2,(H2,6,8);2H,1H2. The Morgan fingerprint density at radius 3 is 2.13 bits per heavy atom. The van der Waals surface area contributed by atoms with E-state index < -0.39 is 0 Å². The van der Waals surface area contributed by atoms with Gasteiger partial charge in [0.05, 0.1) is 6.04 Å². The number of aryl methyl sites for hydroxylation is 1. The molecule has 0 saturated carbocycles. The number of primary amides is 1. The number of hydrogen-bond acceptors (Lipinski definition) is 5. The SMILES string of the molecule is CC(C)(C)c1ccc(NC(=O)CCc2ccccc2)cc1.NC(=O)C1CCCN1.NS. The molecule has 1 aliphatic heterocycles. The Hall–Kier alpha value is -2.35. The first kappa shape index (κ1) is 26.7. The van der Waals surface area contributed by atoms with Gasteiger partial charge in [0.1, 0.15) is 0 Å². The smallest absolute Gasteiger partial charge is 0.234 e. The number of anilines is 1. The average Bonchev–Trinajstić information content (AvgIpc) is 3.30. The number of rotatable bonds is 5. The lowest BCUT2D eigenvalue weighted by molar-refractivity contribution is -0.119. The van der Waals surface area contributed by atoms with Gasteiger partial charge in [0.2, 0.25) is 11.8 Å². The largest absolute Gasteiger partial charge is 0.368 e. The molecule has 0 aromatic heterocycles. The Labute approximate surface area is 191 Å². The number of amides is 2. The molecule has 2 aromatic carbocycles. The summed E-state index contributed by atoms with van der Waals surface area (Å²) in [6.45, 7) is 7.48. The van der Waals surface area contributed by atoms with E-state index in [1.165, 1.54) is 11.1 Å². The van der Waals surface area contributed by atoms with Gasteiger partial charge in [-0.1, -0.05) is 63.2 Å². The van der Waals surface area contributed by atoms with Crippen molar-refractivity contribution in [2.75, 3.05) is 11.9 Å². The maximum atomic E-state index is 12.0. The highest BCUT2D eigenvalue weighted by atomic mass is 32.1. The Morgan fingerprint density at radius 2 is 1.68 bits per heavy atom. The third kappa shape index (κ3) is 10.5. The lowest BCUT2D eigenvalue weighted by Gasteiger charge is -2.19. The molecule has 6 nitrogen and oxygen atoms in total. The normalized spacial score (nSPS) is 15.1. The lowest BCUT2D eigenvalue weighted by Crippen LogP contribution is -2.36. The van der Waals surface area contributed by atoms with Crippen LogP contribution in [0.5, 0.6) is 0 Å². The third-order valence-corrected chi connectivity index (χ3v) is 4.92. The first-order chi connectivity index (χ1) is 14.8. The lowest BCUT2D eigenvalue weighted by atomic mass is 9.87. The molecule has 0 radical (unpaired) electrons. The number of nitrogens with two attached hydrogens (primary N) is 2. The second-order valence-electron chi connectivity index (χ2n) is 8.41. The molecule has 2 aromatic rings. The predicted molar refractivity (Wildman–Crippen MR) is 132 cm³/mol. The van der Waals surface area contributed by atoms with Crippen LogP contribution in [-0.2, 0) is 21.4 Å². The van der Waals surface area contributed by atoms with Gasteiger partial charge in [0, 0.05) is 12.1 Å². The maximum absolute atomic E-state index is 12.0. The topological polar surface area (TPSA) is 110 Å². The summed E-state index contributed by atoms with van der Waals surface area (Å²) in [6, 6.07) is 18.1. The highest BCUT2D eigenvalue weighted by Crippen LogP contribution is 2.23. The van der Waals surface area contributed by atoms with Gasteiger partial charge in [-0.3, -0.25) is 14.7 Å². The van der Waals surface area contributed by atoms with Gasteiger partial charge in [-0.2, -0.15) is 0 Å². The number of benzene rings is 2. The molecule has 0 spiro atoms. The Bertz CT molecular complexity index is 783. The second kappa shape index (κ2) is 13.9. The highest BCUT2D eigenvalue weighted by Gasteiger charge is 2.18. The van der Waals surface area contributed by atoms with Crippen LogP contribution >= 0.6 is 12.8 Å². The molecular formula is C24H36N4O2S. The van der Waals surface area contributed by atoms with E-state index in [9.17, 15) is 9.59 Å². The fourth-order valence-electron chi connectivity index (χ4n) is 3.11. The molecule has 0 bridgehead atoms. The molecule has 31 heavy (non-hydrogen) atoms. The monoisotopic (exact) mass is 444 g/mol. The van der Waals surface area contributed by atoms with E-state index in [2.05, 4.69) is 61.5 Å². The average molecular weight is 445 g/mol. The number of carbonyl (C=O) groups excluding carboxylic acids is 2. The predicted octanol–water partition coefficient (Wildman–Crippen LogP) is 3.57. The van der Waals surface area contributed by atoms with E-state index in [-0.39, 0.29) is 23.3 Å². The minimum atomic E-state index is -0.220. The molecule has 1 fully saturated rings. The Kier molecular flexibility index (Phi) is 11.9. The fraction of sp³-hybridized carbons (Fsp3) is 0.417. The van der Waals surface area contributed by atoms with Crippen molar-refractivity contribution in [3.63, 3.8) is 0 Å². The summed E-state index contributed by atoms with van der Waals surface area (Å²) in [6.07, 6.45) is 3.26. The number of carbonyl (C=O) groups is 2.